The van der Waals surface area contributed by atoms with Gasteiger partial charge >= 0.3 is 12.2 Å². The van der Waals surface area contributed by atoms with Gasteiger partial charge in [-0.15, -0.1) is 12.6 Å². The number of fused-ring (bicyclic) bond motifs is 3. The molecule has 40 heavy (non-hydrogen) atoms. The largest absolute Gasteiger partial charge is 0.449 e. The van der Waals surface area contributed by atoms with Crippen LogP contribution in [0.5, 0.6) is 0 Å². The molecule has 7 nitrogen and oxygen atoms in total. The monoisotopic (exact) mass is 559 g/mol. The van der Waals surface area contributed by atoms with Gasteiger partial charge in [0.25, 0.3) is 0 Å². The first-order valence-corrected chi connectivity index (χ1v) is 14.2. The van der Waals surface area contributed by atoms with Crippen LogP contribution in [0.1, 0.15) is 48.9 Å². The number of hydrogen-bond acceptors (Lipinski definition) is 6. The maximum Gasteiger partial charge on any atom is 0.410 e. The lowest BCUT2D eigenvalue weighted by molar-refractivity contribution is 0.0240. The van der Waals surface area contributed by atoms with Crippen LogP contribution in [-0.4, -0.2) is 55.5 Å². The van der Waals surface area contributed by atoms with Gasteiger partial charge in [0.2, 0.25) is 0 Å². The van der Waals surface area contributed by atoms with Gasteiger partial charge < -0.3 is 24.6 Å². The molecule has 0 spiro atoms. The predicted octanol–water partition coefficient (Wildman–Crippen LogP) is 6.38. The smallest absolute Gasteiger partial charge is 0.410 e. The highest BCUT2D eigenvalue weighted by Gasteiger charge is 2.29. The Balaban J connectivity index is 1.19. The van der Waals surface area contributed by atoms with Gasteiger partial charge in [0.1, 0.15) is 12.2 Å². The summed E-state index contributed by atoms with van der Waals surface area (Å²) in [5.74, 6) is 0.0200. The van der Waals surface area contributed by atoms with E-state index < -0.39 is 11.7 Å². The zero-order chi connectivity index (χ0) is 28.4. The van der Waals surface area contributed by atoms with Crippen molar-refractivity contribution < 1.29 is 19.1 Å². The molecule has 0 unspecified atom stereocenters. The van der Waals surface area contributed by atoms with Gasteiger partial charge in [0.05, 0.1) is 0 Å². The van der Waals surface area contributed by atoms with Gasteiger partial charge in [0.15, 0.2) is 0 Å². The second kappa shape index (κ2) is 11.5. The lowest BCUT2D eigenvalue weighted by atomic mass is 9.98. The van der Waals surface area contributed by atoms with Crippen LogP contribution in [0.2, 0.25) is 0 Å². The molecule has 0 atom stereocenters. The van der Waals surface area contributed by atoms with Crippen molar-refractivity contribution in [3.8, 4) is 11.1 Å². The topological polar surface area (TPSA) is 71.1 Å². The Morgan fingerprint density at radius 3 is 2.15 bits per heavy atom. The van der Waals surface area contributed by atoms with Gasteiger partial charge in [-0.1, -0.05) is 48.5 Å². The van der Waals surface area contributed by atoms with Gasteiger partial charge in [-0.25, -0.2) is 9.59 Å². The fourth-order valence-corrected chi connectivity index (χ4v) is 5.80. The van der Waals surface area contributed by atoms with E-state index >= 15 is 0 Å². The molecule has 8 heteroatoms. The summed E-state index contributed by atoms with van der Waals surface area (Å²) in [6, 6.07) is 20.6. The van der Waals surface area contributed by atoms with E-state index in [2.05, 4.69) is 54.0 Å². The fraction of sp³-hybridized carbons (Fsp3) is 0.375. The molecule has 0 radical (unpaired) electrons. The number of nitrogens with zero attached hydrogens (tertiary/aromatic N) is 2. The Labute approximate surface area is 241 Å². The summed E-state index contributed by atoms with van der Waals surface area (Å²) < 4.78 is 11.2. The number of hydrogen-bond donors (Lipinski definition) is 2. The molecule has 2 amide bonds. The molecule has 2 aliphatic rings. The first-order chi connectivity index (χ1) is 19.1. The molecule has 0 saturated carbocycles. The zero-order valence-corrected chi connectivity index (χ0v) is 24.5. The van der Waals surface area contributed by atoms with Crippen LogP contribution in [-0.2, 0) is 16.0 Å². The SMILES string of the molecule is Cc1c(CNC(=O)OCC2c3ccccc3-c3ccccc32)cc(S)cc1N1CCN(C(=O)OC(C)(C)C)CC1. The van der Waals surface area contributed by atoms with Crippen molar-refractivity contribution in [2.24, 2.45) is 0 Å². The van der Waals surface area contributed by atoms with Gasteiger partial charge in [-0.05, 0) is 73.2 Å². The number of carbonyl (C=O) groups is 2. The molecule has 1 aliphatic heterocycles. The number of anilines is 1. The van der Waals surface area contributed by atoms with Crippen LogP contribution < -0.4 is 10.2 Å². The third-order valence-corrected chi connectivity index (χ3v) is 7.77. The van der Waals surface area contributed by atoms with Crippen molar-refractivity contribution in [3.05, 3.63) is 82.9 Å². The number of carbonyl (C=O) groups excluding carboxylic acids is 2. The highest BCUT2D eigenvalue weighted by Crippen LogP contribution is 2.44. The molecule has 210 valence electrons. The molecular weight excluding hydrogens is 522 g/mol. The highest BCUT2D eigenvalue weighted by molar-refractivity contribution is 7.80. The van der Waals surface area contributed by atoms with Crippen molar-refractivity contribution in [3.63, 3.8) is 0 Å². The van der Waals surface area contributed by atoms with E-state index in [1.54, 1.807) is 4.90 Å². The van der Waals surface area contributed by atoms with E-state index in [1.807, 2.05) is 57.2 Å². The normalized spacial score (nSPS) is 14.9. The maximum atomic E-state index is 12.8. The van der Waals surface area contributed by atoms with Crippen LogP contribution >= 0.6 is 12.6 Å². The Kier molecular flexibility index (Phi) is 7.99. The van der Waals surface area contributed by atoms with Crippen LogP contribution in [0.4, 0.5) is 15.3 Å². The van der Waals surface area contributed by atoms with Crippen molar-refractivity contribution in [1.29, 1.82) is 0 Å². The summed E-state index contributed by atoms with van der Waals surface area (Å²) in [5.41, 5.74) is 7.37. The van der Waals surface area contributed by atoms with Crippen LogP contribution in [0, 0.1) is 6.92 Å². The number of ether oxygens (including phenoxy) is 2. The van der Waals surface area contributed by atoms with Gasteiger partial charge in [-0.3, -0.25) is 0 Å². The van der Waals surface area contributed by atoms with E-state index in [0.717, 1.165) is 21.7 Å². The van der Waals surface area contributed by atoms with E-state index in [0.29, 0.717) is 32.7 Å². The van der Waals surface area contributed by atoms with Crippen molar-refractivity contribution in [2.75, 3.05) is 37.7 Å². The molecule has 3 aromatic carbocycles. The number of amides is 2. The minimum absolute atomic E-state index is 0.0200. The summed E-state index contributed by atoms with van der Waals surface area (Å²) in [7, 11) is 0. The average molecular weight is 560 g/mol. The molecule has 1 fully saturated rings. The van der Waals surface area contributed by atoms with Gasteiger partial charge in [-0.2, -0.15) is 0 Å². The minimum atomic E-state index is -0.514. The van der Waals surface area contributed by atoms with Crippen molar-refractivity contribution >= 4 is 30.5 Å². The summed E-state index contributed by atoms with van der Waals surface area (Å²) in [5, 5.41) is 2.93. The molecule has 1 heterocycles. The zero-order valence-electron chi connectivity index (χ0n) is 23.6. The third kappa shape index (κ3) is 6.07. The molecule has 0 aromatic heterocycles. The molecule has 1 aliphatic carbocycles. The van der Waals surface area contributed by atoms with E-state index in [1.165, 1.54) is 22.3 Å². The Bertz CT molecular complexity index is 1360. The third-order valence-electron chi connectivity index (χ3n) is 7.51. The molecule has 3 aromatic rings. The number of piperazine rings is 1. The van der Waals surface area contributed by atoms with Crippen molar-refractivity contribution in [1.82, 2.24) is 10.2 Å². The second-order valence-corrected chi connectivity index (χ2v) is 11.9. The Morgan fingerprint density at radius 1 is 0.950 bits per heavy atom. The number of thiol groups is 1. The van der Waals surface area contributed by atoms with E-state index in [4.69, 9.17) is 9.47 Å². The summed E-state index contributed by atoms with van der Waals surface area (Å²) in [6.45, 7) is 10.8. The lowest BCUT2D eigenvalue weighted by Gasteiger charge is -2.37. The second-order valence-electron chi connectivity index (χ2n) is 11.4. The standard InChI is InChI=1S/C32H37N3O4S/c1-21-22(17-23(40)18-29(21)34-13-15-35(16-14-34)31(37)39-32(2,3)4)19-33-30(36)38-20-28-26-11-7-5-9-24(26)25-10-6-8-12-27(25)28/h5-12,17-18,28,40H,13-16,19-20H2,1-4H3,(H,33,36). The number of alkyl carbamates (subject to hydrolysis) is 1. The average Bonchev–Trinajstić information content (AvgIpc) is 3.25. The van der Waals surface area contributed by atoms with E-state index in [9.17, 15) is 9.59 Å². The van der Waals surface area contributed by atoms with E-state index in [-0.39, 0.29) is 18.6 Å². The fourth-order valence-electron chi connectivity index (χ4n) is 5.53. The summed E-state index contributed by atoms with van der Waals surface area (Å²) >= 11 is 4.63. The Morgan fingerprint density at radius 2 is 1.55 bits per heavy atom. The maximum absolute atomic E-state index is 12.8. The highest BCUT2D eigenvalue weighted by atomic mass is 32.1. The molecule has 1 N–H and O–H groups in total. The molecule has 0 bridgehead atoms. The first kappa shape index (κ1) is 27.9. The number of benzene rings is 3. The number of rotatable bonds is 5. The minimum Gasteiger partial charge on any atom is -0.449 e. The predicted molar refractivity (Wildman–Crippen MR) is 160 cm³/mol. The quantitative estimate of drug-likeness (QED) is 0.355. The van der Waals surface area contributed by atoms with Crippen LogP contribution in [0.15, 0.2) is 65.6 Å². The number of nitrogens with one attached hydrogen (secondary N) is 1. The summed E-state index contributed by atoms with van der Waals surface area (Å²) in [4.78, 5) is 30.1. The Hall–Kier alpha value is -3.65. The molecule has 5 rings (SSSR count). The van der Waals surface area contributed by atoms with Crippen LogP contribution in [0.25, 0.3) is 11.1 Å². The molecular formula is C32H37N3O4S. The summed E-state index contributed by atoms with van der Waals surface area (Å²) in [6.07, 6.45) is -0.724. The molecule has 1 saturated heterocycles. The van der Waals surface area contributed by atoms with Crippen molar-refractivity contribution in [2.45, 2.75) is 50.7 Å². The first-order valence-electron chi connectivity index (χ1n) is 13.7. The lowest BCUT2D eigenvalue weighted by Crippen LogP contribution is -2.50. The van der Waals surface area contributed by atoms with Gasteiger partial charge in [0, 0.05) is 49.2 Å². The van der Waals surface area contributed by atoms with Crippen LogP contribution in [0.3, 0.4) is 0 Å².